The van der Waals surface area contributed by atoms with Crippen LogP contribution in [0, 0.1) is 17.8 Å². The van der Waals surface area contributed by atoms with Crippen LogP contribution in [-0.4, -0.2) is 124 Å². The third-order valence-corrected chi connectivity index (χ3v) is 20.7. The van der Waals surface area contributed by atoms with Crippen molar-refractivity contribution in [2.75, 3.05) is 39.9 Å². The third-order valence-electron chi connectivity index (χ3n) is 15.3. The summed E-state index contributed by atoms with van der Waals surface area (Å²) in [6.45, 7) is 12.7. The van der Waals surface area contributed by atoms with Crippen molar-refractivity contribution in [3.8, 4) is 23.0 Å². The molecule has 6 N–H and O–H groups in total. The molecule has 0 aliphatic carbocycles. The molecule has 0 heterocycles. The number of carbonyl (C=O) groups excluding carboxylic acids is 3. The number of ketones is 1. The number of sulfone groups is 2. The number of hydrogen-bond donors (Lipinski definition) is 5. The maximum atomic E-state index is 15.6. The molecule has 16 nitrogen and oxygen atoms in total. The van der Waals surface area contributed by atoms with Crippen molar-refractivity contribution in [2.24, 2.45) is 23.5 Å². The monoisotopic (exact) mass is 1150 g/mol. The highest BCUT2D eigenvalue weighted by Gasteiger charge is 2.47. The summed E-state index contributed by atoms with van der Waals surface area (Å²) in [5.41, 5.74) is 8.64. The van der Waals surface area contributed by atoms with Crippen molar-refractivity contribution in [1.82, 2.24) is 10.6 Å². The largest absolute Gasteiger partial charge is 0.497 e. The zero-order valence-electron chi connectivity index (χ0n) is 48.6. The molecule has 6 aromatic rings. The molecule has 0 bridgehead atoms. The normalized spacial score (nSPS) is 15.4. The quantitative estimate of drug-likeness (QED) is 0.0349. The van der Waals surface area contributed by atoms with E-state index >= 15 is 14.4 Å². The molecular formula is C63H81N3O13S2. The predicted molar refractivity (Wildman–Crippen MR) is 319 cm³/mol. The number of Topliss-reactive ketones (excluding diaryl/α,β-unsaturated/α-hetero) is 1. The summed E-state index contributed by atoms with van der Waals surface area (Å²) in [5, 5.41) is 35.6. The van der Waals surface area contributed by atoms with E-state index in [1.165, 1.54) is 61.3 Å². The van der Waals surface area contributed by atoms with Gasteiger partial charge in [0.1, 0.15) is 35.2 Å². The van der Waals surface area contributed by atoms with E-state index in [0.717, 1.165) is 21.5 Å². The lowest BCUT2D eigenvalue weighted by Gasteiger charge is -2.39. The highest BCUT2D eigenvalue weighted by molar-refractivity contribution is 7.93. The summed E-state index contributed by atoms with van der Waals surface area (Å²) < 4.78 is 77.0. The second-order valence-corrected chi connectivity index (χ2v) is 28.7. The van der Waals surface area contributed by atoms with Crippen LogP contribution in [0.1, 0.15) is 83.6 Å². The first-order valence-corrected chi connectivity index (χ1v) is 30.4. The molecule has 6 aromatic carbocycles. The van der Waals surface area contributed by atoms with E-state index in [9.17, 15) is 27.0 Å². The molecule has 0 saturated carbocycles. The highest BCUT2D eigenvalue weighted by Crippen LogP contribution is 2.38. The van der Waals surface area contributed by atoms with E-state index in [0.29, 0.717) is 28.2 Å². The number of rotatable bonds is 26. The van der Waals surface area contributed by atoms with E-state index in [-0.39, 0.29) is 36.3 Å². The second-order valence-electron chi connectivity index (χ2n) is 23.1. The fourth-order valence-corrected chi connectivity index (χ4v) is 12.6. The molecule has 0 spiro atoms. The SMILES string of the molecule is COc1ccc(C[C@H](NC(=O)[C@H](Cc2cccc3ccccc23)CS(=O)(=O)C(C)(C)C)[C@@H](O)[C@H](O)[C@@H](NC(=O)[C@H](Cc2cccc3ccccc23)CS(=O)(=O)C(C)(C)C)C(C(=O)[C@@H](N)C(C)C)c2ccc(OC)cc2OC)c(OC)c1. The van der Waals surface area contributed by atoms with Crippen molar-refractivity contribution in [1.29, 1.82) is 0 Å². The van der Waals surface area contributed by atoms with Gasteiger partial charge in [-0.05, 0) is 117 Å². The van der Waals surface area contributed by atoms with Crippen LogP contribution in [0.4, 0.5) is 0 Å². The molecule has 0 saturated heterocycles. The minimum Gasteiger partial charge on any atom is -0.497 e. The number of nitrogens with one attached hydrogen (secondary N) is 2. The number of aliphatic hydroxyl groups is 2. The fourth-order valence-electron chi connectivity index (χ4n) is 10.0. The average molecular weight is 1150 g/mol. The van der Waals surface area contributed by atoms with Gasteiger partial charge in [-0.15, -0.1) is 0 Å². The lowest BCUT2D eigenvalue weighted by atomic mass is 9.77. The second kappa shape index (κ2) is 26.6. The van der Waals surface area contributed by atoms with Gasteiger partial charge in [0.05, 0.1) is 85.3 Å². The van der Waals surface area contributed by atoms with Gasteiger partial charge in [0.15, 0.2) is 25.5 Å². The molecule has 0 aromatic heterocycles. The third kappa shape index (κ3) is 15.1. The Morgan fingerprint density at radius 3 is 1.44 bits per heavy atom. The number of hydrogen-bond acceptors (Lipinski definition) is 14. The highest BCUT2D eigenvalue weighted by atomic mass is 32.2. The van der Waals surface area contributed by atoms with Gasteiger partial charge in [0, 0.05) is 17.7 Å². The van der Waals surface area contributed by atoms with Crippen LogP contribution >= 0.6 is 0 Å². The summed E-state index contributed by atoms with van der Waals surface area (Å²) in [4.78, 5) is 46.3. The molecule has 0 fully saturated rings. The first-order chi connectivity index (χ1) is 38.1. The molecule has 0 radical (unpaired) electrons. The molecule has 2 amide bonds. The van der Waals surface area contributed by atoms with E-state index in [1.54, 1.807) is 65.0 Å². The molecule has 0 aliphatic rings. The van der Waals surface area contributed by atoms with Crippen LogP contribution in [0.2, 0.25) is 0 Å². The molecule has 18 heteroatoms. The number of aliphatic hydroxyl groups excluding tert-OH is 2. The molecular weight excluding hydrogens is 1070 g/mol. The van der Waals surface area contributed by atoms with Crippen LogP contribution in [0.15, 0.2) is 121 Å². The number of fused-ring (bicyclic) bond motifs is 2. The van der Waals surface area contributed by atoms with Gasteiger partial charge in [0.2, 0.25) is 11.8 Å². The Kier molecular flexibility index (Phi) is 20.9. The van der Waals surface area contributed by atoms with Gasteiger partial charge in [-0.3, -0.25) is 14.4 Å². The van der Waals surface area contributed by atoms with Gasteiger partial charge in [-0.2, -0.15) is 0 Å². The molecule has 438 valence electrons. The number of amides is 2. The fraction of sp³-hybridized carbons (Fsp3) is 0.444. The number of methoxy groups -OCH3 is 4. The van der Waals surface area contributed by atoms with Crippen LogP contribution in [0.25, 0.3) is 21.5 Å². The van der Waals surface area contributed by atoms with Crippen LogP contribution < -0.4 is 35.3 Å². The minimum absolute atomic E-state index is 0.0467. The van der Waals surface area contributed by atoms with Gasteiger partial charge in [0.25, 0.3) is 0 Å². The van der Waals surface area contributed by atoms with Gasteiger partial charge >= 0.3 is 0 Å². The first-order valence-electron chi connectivity index (χ1n) is 27.1. The van der Waals surface area contributed by atoms with Crippen LogP contribution in [0.5, 0.6) is 23.0 Å². The maximum absolute atomic E-state index is 15.6. The van der Waals surface area contributed by atoms with Crippen LogP contribution in [0.3, 0.4) is 0 Å². The first kappa shape index (κ1) is 63.6. The Balaban J connectivity index is 1.57. The zero-order chi connectivity index (χ0) is 59.8. The van der Waals surface area contributed by atoms with Gasteiger partial charge in [-0.1, -0.05) is 111 Å². The molecule has 81 heavy (non-hydrogen) atoms. The van der Waals surface area contributed by atoms with E-state index in [4.69, 9.17) is 24.7 Å². The lowest BCUT2D eigenvalue weighted by Crippen LogP contribution is -2.61. The standard InChI is InChI=1S/C63H81N3O13S2/c1-38(2)55(64)58(68)54(50-30-29-47(77-10)35-53(50)79-12)56(66-61(71)45(37-81(74,75)63(6,7)8)32-42-24-18-22-40-20-14-16-26-49(40)42)59(69)57(67)51(33-43-27-28-46(76-9)34-52(43)78-11)65-60(70)44(36-80(72,73)62(3,4)5)31-41-23-17-21-39-19-13-15-25-48(39)41/h13-30,34-35,38,44-45,51,54-57,59,67,69H,31-33,36-37,64H2,1-12H3,(H,65,70)(H,66,71)/t44-,45-,51+,54?,55+,56+,57-,59-/m1/s1. The lowest BCUT2D eigenvalue weighted by molar-refractivity contribution is -0.132. The molecule has 8 atom stereocenters. The Morgan fingerprint density at radius 2 is 0.988 bits per heavy atom. The summed E-state index contributed by atoms with van der Waals surface area (Å²) in [6.07, 6.45) is -4.72. The Hall–Kier alpha value is -6.57. The zero-order valence-corrected chi connectivity index (χ0v) is 50.2. The average Bonchev–Trinajstić information content (AvgIpc) is 3.53. The van der Waals surface area contributed by atoms with Crippen molar-refractivity contribution in [2.45, 2.75) is 120 Å². The summed E-state index contributed by atoms with van der Waals surface area (Å²) in [6, 6.07) is 30.9. The van der Waals surface area contributed by atoms with Crippen LogP contribution in [-0.2, 0) is 53.3 Å². The molecule has 0 aliphatic heterocycles. The number of carbonyl (C=O) groups is 3. The van der Waals surface area contributed by atoms with Crippen molar-refractivity contribution < 1.29 is 60.4 Å². The number of nitrogens with two attached hydrogens (primary N) is 1. The number of benzene rings is 6. The Bertz CT molecular complexity index is 3400. The Labute approximate surface area is 477 Å². The summed E-state index contributed by atoms with van der Waals surface area (Å²) >= 11 is 0. The molecule has 1 unspecified atom stereocenters. The minimum atomic E-state index is -4.06. The smallest absolute Gasteiger partial charge is 0.224 e. The number of ether oxygens (including phenoxy) is 4. The van der Waals surface area contributed by atoms with Gasteiger partial charge in [-0.25, -0.2) is 16.8 Å². The summed E-state index contributed by atoms with van der Waals surface area (Å²) in [7, 11) is -2.37. The van der Waals surface area contributed by atoms with Crippen molar-refractivity contribution in [3.63, 3.8) is 0 Å². The predicted octanol–water partition coefficient (Wildman–Crippen LogP) is 7.74. The van der Waals surface area contributed by atoms with E-state index < -0.39 is 112 Å². The van der Waals surface area contributed by atoms with Gasteiger partial charge < -0.3 is 45.5 Å². The maximum Gasteiger partial charge on any atom is 0.224 e. The van der Waals surface area contributed by atoms with E-state index in [2.05, 4.69) is 10.6 Å². The van der Waals surface area contributed by atoms with Crippen molar-refractivity contribution >= 4 is 58.8 Å². The summed E-state index contributed by atoms with van der Waals surface area (Å²) in [5.74, 6) is -7.22. The van der Waals surface area contributed by atoms with E-state index in [1.807, 2.05) is 78.9 Å². The molecule has 6 rings (SSSR count). The topological polar surface area (TPSA) is 247 Å². The Morgan fingerprint density at radius 1 is 0.543 bits per heavy atom. The van der Waals surface area contributed by atoms with Crippen molar-refractivity contribution in [3.05, 3.63) is 144 Å².